The molecule has 148 valence electrons. The lowest BCUT2D eigenvalue weighted by molar-refractivity contribution is 0.0955. The van der Waals surface area contributed by atoms with Crippen LogP contribution in [0.3, 0.4) is 0 Å². The minimum Gasteiger partial charge on any atom is -0.486 e. The zero-order chi connectivity index (χ0) is 20.1. The Morgan fingerprint density at radius 2 is 1.72 bits per heavy atom. The summed E-state index contributed by atoms with van der Waals surface area (Å²) in [6, 6.07) is 15.8. The number of fused-ring (bicyclic) bond motifs is 1. The largest absolute Gasteiger partial charge is 0.486 e. The molecule has 0 saturated heterocycles. The van der Waals surface area contributed by atoms with E-state index in [1.165, 1.54) is 6.26 Å². The van der Waals surface area contributed by atoms with E-state index in [0.717, 1.165) is 17.1 Å². The summed E-state index contributed by atoms with van der Waals surface area (Å²) >= 11 is 0. The number of carbonyl (C=O) groups is 2. The normalized spacial score (nSPS) is 12.3. The molecule has 4 rings (SSSR count). The van der Waals surface area contributed by atoms with Crippen molar-refractivity contribution in [1.29, 1.82) is 0 Å². The highest BCUT2D eigenvalue weighted by molar-refractivity contribution is 6.07. The third kappa shape index (κ3) is 4.40. The second-order valence-electron chi connectivity index (χ2n) is 6.46. The molecule has 0 atom stereocenters. The first-order valence-electron chi connectivity index (χ1n) is 9.31. The van der Waals surface area contributed by atoms with Crippen LogP contribution in [0, 0.1) is 0 Å². The van der Waals surface area contributed by atoms with Crippen molar-refractivity contribution in [2.24, 2.45) is 0 Å². The molecule has 1 aliphatic heterocycles. The fraction of sp³-hybridized carbons (Fsp3) is 0.182. The van der Waals surface area contributed by atoms with Crippen molar-refractivity contribution < 1.29 is 23.5 Å². The Kier molecular flexibility index (Phi) is 5.47. The fourth-order valence-corrected chi connectivity index (χ4v) is 3.04. The SMILES string of the molecule is O=C(Nc1ccccc1C(=O)NCCc1ccc2c(c1)OCCO2)c1ccco1. The van der Waals surface area contributed by atoms with Gasteiger partial charge in [0.15, 0.2) is 17.3 Å². The second-order valence-corrected chi connectivity index (χ2v) is 6.46. The van der Waals surface area contributed by atoms with E-state index in [1.807, 2.05) is 18.2 Å². The highest BCUT2D eigenvalue weighted by atomic mass is 16.6. The summed E-state index contributed by atoms with van der Waals surface area (Å²) in [4.78, 5) is 24.8. The summed E-state index contributed by atoms with van der Waals surface area (Å²) in [5, 5.41) is 5.60. The topological polar surface area (TPSA) is 89.8 Å². The number of nitrogens with one attached hydrogen (secondary N) is 2. The molecule has 2 heterocycles. The number of benzene rings is 2. The molecule has 0 bridgehead atoms. The van der Waals surface area contributed by atoms with Crippen LogP contribution in [0.1, 0.15) is 26.5 Å². The van der Waals surface area contributed by atoms with E-state index in [9.17, 15) is 9.59 Å². The van der Waals surface area contributed by atoms with Gasteiger partial charge in [0.25, 0.3) is 11.8 Å². The van der Waals surface area contributed by atoms with Gasteiger partial charge in [0.1, 0.15) is 13.2 Å². The van der Waals surface area contributed by atoms with Gasteiger partial charge in [0, 0.05) is 6.54 Å². The first kappa shape index (κ1) is 18.6. The first-order chi connectivity index (χ1) is 14.2. The number of furan rings is 1. The summed E-state index contributed by atoms with van der Waals surface area (Å²) < 4.78 is 16.2. The molecule has 29 heavy (non-hydrogen) atoms. The van der Waals surface area contributed by atoms with Gasteiger partial charge >= 0.3 is 0 Å². The van der Waals surface area contributed by atoms with Crippen LogP contribution in [0.2, 0.25) is 0 Å². The molecule has 7 heteroatoms. The third-order valence-electron chi connectivity index (χ3n) is 4.47. The Labute approximate surface area is 167 Å². The van der Waals surface area contributed by atoms with E-state index < -0.39 is 5.91 Å². The van der Waals surface area contributed by atoms with Gasteiger partial charge in [-0.1, -0.05) is 18.2 Å². The molecule has 2 amide bonds. The molecule has 0 unspecified atom stereocenters. The van der Waals surface area contributed by atoms with Crippen molar-refractivity contribution in [2.75, 3.05) is 25.1 Å². The molecule has 0 radical (unpaired) electrons. The van der Waals surface area contributed by atoms with Gasteiger partial charge in [-0.25, -0.2) is 0 Å². The monoisotopic (exact) mass is 392 g/mol. The molecule has 0 spiro atoms. The quantitative estimate of drug-likeness (QED) is 0.672. The van der Waals surface area contributed by atoms with Gasteiger partial charge in [0.2, 0.25) is 0 Å². The van der Waals surface area contributed by atoms with Crippen LogP contribution < -0.4 is 20.1 Å². The molecule has 7 nitrogen and oxygen atoms in total. The summed E-state index contributed by atoms with van der Waals surface area (Å²) in [7, 11) is 0. The summed E-state index contributed by atoms with van der Waals surface area (Å²) in [5.41, 5.74) is 1.84. The Morgan fingerprint density at radius 3 is 2.55 bits per heavy atom. The highest BCUT2D eigenvalue weighted by Gasteiger charge is 2.16. The van der Waals surface area contributed by atoms with E-state index in [0.29, 0.717) is 37.4 Å². The summed E-state index contributed by atoms with van der Waals surface area (Å²) in [6.07, 6.45) is 2.06. The van der Waals surface area contributed by atoms with E-state index in [-0.39, 0.29) is 11.7 Å². The molecule has 2 N–H and O–H groups in total. The number of rotatable bonds is 6. The molecule has 2 aromatic carbocycles. The van der Waals surface area contributed by atoms with Gasteiger partial charge in [-0.3, -0.25) is 9.59 Å². The summed E-state index contributed by atoms with van der Waals surface area (Å²) in [5.74, 6) is 0.972. The number of para-hydroxylation sites is 1. The number of ether oxygens (including phenoxy) is 2. The molecular formula is C22H20N2O5. The van der Waals surface area contributed by atoms with Crippen LogP contribution in [0.5, 0.6) is 11.5 Å². The number of anilines is 1. The van der Waals surface area contributed by atoms with Crippen LogP contribution in [0.15, 0.2) is 65.3 Å². The molecule has 3 aromatic rings. The van der Waals surface area contributed by atoms with Crippen LogP contribution in [0.25, 0.3) is 0 Å². The van der Waals surface area contributed by atoms with Gasteiger partial charge < -0.3 is 24.5 Å². The van der Waals surface area contributed by atoms with Crippen molar-refractivity contribution in [3.8, 4) is 11.5 Å². The van der Waals surface area contributed by atoms with E-state index in [2.05, 4.69) is 10.6 Å². The smallest absolute Gasteiger partial charge is 0.291 e. The number of hydrogen-bond acceptors (Lipinski definition) is 5. The molecule has 1 aliphatic rings. The van der Waals surface area contributed by atoms with Crippen LogP contribution in [-0.2, 0) is 6.42 Å². The average Bonchev–Trinajstić information content (AvgIpc) is 3.29. The second kappa shape index (κ2) is 8.52. The first-order valence-corrected chi connectivity index (χ1v) is 9.31. The predicted molar refractivity (Wildman–Crippen MR) is 107 cm³/mol. The van der Waals surface area contributed by atoms with E-state index >= 15 is 0 Å². The molecule has 1 aromatic heterocycles. The maximum atomic E-state index is 12.6. The van der Waals surface area contributed by atoms with Crippen molar-refractivity contribution in [3.05, 3.63) is 77.7 Å². The molecule has 0 aliphatic carbocycles. The fourth-order valence-electron chi connectivity index (χ4n) is 3.04. The molecule has 0 fully saturated rings. The third-order valence-corrected chi connectivity index (χ3v) is 4.47. The zero-order valence-corrected chi connectivity index (χ0v) is 15.6. The van der Waals surface area contributed by atoms with Gasteiger partial charge in [-0.05, 0) is 48.4 Å². The lowest BCUT2D eigenvalue weighted by Crippen LogP contribution is -2.27. The Balaban J connectivity index is 1.37. The zero-order valence-electron chi connectivity index (χ0n) is 15.6. The Hall–Kier alpha value is -3.74. The van der Waals surface area contributed by atoms with E-state index in [4.69, 9.17) is 13.9 Å². The van der Waals surface area contributed by atoms with Gasteiger partial charge in [-0.2, -0.15) is 0 Å². The van der Waals surface area contributed by atoms with Crippen LogP contribution in [-0.4, -0.2) is 31.6 Å². The number of hydrogen-bond donors (Lipinski definition) is 2. The minimum atomic E-state index is -0.411. The lowest BCUT2D eigenvalue weighted by Gasteiger charge is -2.19. The maximum absolute atomic E-state index is 12.6. The number of carbonyl (C=O) groups excluding carboxylic acids is 2. The lowest BCUT2D eigenvalue weighted by atomic mass is 10.1. The molecule has 0 saturated carbocycles. The van der Waals surface area contributed by atoms with Crippen LogP contribution >= 0.6 is 0 Å². The van der Waals surface area contributed by atoms with Crippen molar-refractivity contribution in [3.63, 3.8) is 0 Å². The van der Waals surface area contributed by atoms with Crippen molar-refractivity contribution >= 4 is 17.5 Å². The maximum Gasteiger partial charge on any atom is 0.291 e. The van der Waals surface area contributed by atoms with Crippen LogP contribution in [0.4, 0.5) is 5.69 Å². The van der Waals surface area contributed by atoms with Gasteiger partial charge in [-0.15, -0.1) is 0 Å². The Morgan fingerprint density at radius 1 is 0.897 bits per heavy atom. The minimum absolute atomic E-state index is 0.179. The van der Waals surface area contributed by atoms with Gasteiger partial charge in [0.05, 0.1) is 17.5 Å². The van der Waals surface area contributed by atoms with E-state index in [1.54, 1.807) is 36.4 Å². The highest BCUT2D eigenvalue weighted by Crippen LogP contribution is 2.30. The van der Waals surface area contributed by atoms with Crippen molar-refractivity contribution in [1.82, 2.24) is 5.32 Å². The molecular weight excluding hydrogens is 372 g/mol. The Bertz CT molecular complexity index is 1010. The van der Waals surface area contributed by atoms with Crippen molar-refractivity contribution in [2.45, 2.75) is 6.42 Å². The standard InChI is InChI=1S/C22H20N2O5/c25-21(23-10-9-15-7-8-18-20(14-15)29-13-12-28-18)16-4-1-2-5-17(16)24-22(26)19-6-3-11-27-19/h1-8,11,14H,9-10,12-13H2,(H,23,25)(H,24,26). The summed E-state index contributed by atoms with van der Waals surface area (Å²) in [6.45, 7) is 1.53. The predicted octanol–water partition coefficient (Wildman–Crippen LogP) is 3.28. The average molecular weight is 392 g/mol. The number of amides is 2.